The quantitative estimate of drug-likeness (QED) is 0.319. The number of aryl methyl sites for hydroxylation is 2. The Morgan fingerprint density at radius 3 is 2.57 bits per heavy atom. The fraction of sp³-hybridized carbons (Fsp3) is 0.241. The third-order valence-electron chi connectivity index (χ3n) is 6.77. The Labute approximate surface area is 213 Å². The van der Waals surface area contributed by atoms with Gasteiger partial charge in [0.25, 0.3) is 5.56 Å². The van der Waals surface area contributed by atoms with E-state index in [1.165, 1.54) is 10.8 Å². The molecule has 0 aliphatic heterocycles. The van der Waals surface area contributed by atoms with Crippen molar-refractivity contribution in [3.05, 3.63) is 111 Å². The summed E-state index contributed by atoms with van der Waals surface area (Å²) in [6, 6.07) is 16.0. The molecule has 37 heavy (non-hydrogen) atoms. The van der Waals surface area contributed by atoms with Crippen molar-refractivity contribution >= 4 is 27.8 Å². The second kappa shape index (κ2) is 9.89. The Morgan fingerprint density at radius 1 is 1.03 bits per heavy atom. The zero-order valence-corrected chi connectivity index (χ0v) is 21.0. The van der Waals surface area contributed by atoms with Gasteiger partial charge in [0, 0.05) is 36.5 Å². The van der Waals surface area contributed by atoms with Gasteiger partial charge in [0.1, 0.15) is 0 Å². The molecule has 8 nitrogen and oxygen atoms in total. The number of hydrogen-bond donors (Lipinski definition) is 0. The molecule has 0 radical (unpaired) electrons. The van der Waals surface area contributed by atoms with Gasteiger partial charge in [0.15, 0.2) is 0 Å². The van der Waals surface area contributed by atoms with E-state index in [-0.39, 0.29) is 19.6 Å². The minimum Gasteiger partial charge on any atom is -0.466 e. The summed E-state index contributed by atoms with van der Waals surface area (Å²) < 4.78 is 10.0. The van der Waals surface area contributed by atoms with Crippen LogP contribution < -0.4 is 11.2 Å². The van der Waals surface area contributed by atoms with E-state index in [0.29, 0.717) is 16.5 Å². The summed E-state index contributed by atoms with van der Waals surface area (Å²) in [5.74, 6) is -0.481. The van der Waals surface area contributed by atoms with Crippen LogP contribution in [0.4, 0.5) is 0 Å². The standard InChI is InChI=1S/C29H28N4O4/c1-4-37-26(34)15-25(20-10-6-5-7-11-20)33-28(35)22-16-30-14-13-23(22)32(29(33)36)18-21-17-31(3)24-12-8-9-19(2)27(21)24/h5-14,16-17,25H,4,15,18H2,1-3H3/t25-/m1/s1. The van der Waals surface area contributed by atoms with Gasteiger partial charge < -0.3 is 9.30 Å². The molecule has 0 N–H and O–H groups in total. The van der Waals surface area contributed by atoms with Crippen molar-refractivity contribution in [3.8, 4) is 0 Å². The Balaban J connectivity index is 1.76. The summed E-state index contributed by atoms with van der Waals surface area (Å²) in [6.07, 6.45) is 4.92. The number of aromatic nitrogens is 4. The minimum atomic E-state index is -0.828. The first-order valence-corrected chi connectivity index (χ1v) is 12.2. The van der Waals surface area contributed by atoms with Crippen molar-refractivity contribution in [2.24, 2.45) is 7.05 Å². The van der Waals surface area contributed by atoms with E-state index in [4.69, 9.17) is 4.74 Å². The number of fused-ring (bicyclic) bond motifs is 2. The second-order valence-corrected chi connectivity index (χ2v) is 9.11. The second-order valence-electron chi connectivity index (χ2n) is 9.11. The summed E-state index contributed by atoms with van der Waals surface area (Å²) in [5.41, 5.74) is 3.31. The first kappa shape index (κ1) is 24.2. The zero-order chi connectivity index (χ0) is 26.1. The lowest BCUT2D eigenvalue weighted by molar-refractivity contribution is -0.143. The van der Waals surface area contributed by atoms with Crippen LogP contribution in [-0.4, -0.2) is 31.3 Å². The summed E-state index contributed by atoms with van der Waals surface area (Å²) in [5, 5.41) is 1.38. The average Bonchev–Trinajstić information content (AvgIpc) is 3.23. The van der Waals surface area contributed by atoms with Crippen molar-refractivity contribution in [1.82, 2.24) is 18.7 Å². The summed E-state index contributed by atoms with van der Waals surface area (Å²) in [7, 11) is 1.97. The third kappa shape index (κ3) is 4.35. The van der Waals surface area contributed by atoms with Gasteiger partial charge >= 0.3 is 11.7 Å². The van der Waals surface area contributed by atoms with Crippen LogP contribution >= 0.6 is 0 Å². The van der Waals surface area contributed by atoms with E-state index in [2.05, 4.69) is 4.98 Å². The molecule has 0 unspecified atom stereocenters. The molecule has 0 fully saturated rings. The number of benzene rings is 2. The Kier molecular flexibility index (Phi) is 6.48. The number of nitrogens with zero attached hydrogens (tertiary/aromatic N) is 4. The first-order chi connectivity index (χ1) is 17.9. The lowest BCUT2D eigenvalue weighted by Gasteiger charge is -2.21. The molecule has 0 spiro atoms. The molecule has 5 aromatic rings. The predicted molar refractivity (Wildman–Crippen MR) is 143 cm³/mol. The number of pyridine rings is 1. The van der Waals surface area contributed by atoms with Crippen molar-refractivity contribution in [3.63, 3.8) is 0 Å². The van der Waals surface area contributed by atoms with Gasteiger partial charge in [-0.15, -0.1) is 0 Å². The summed E-state index contributed by atoms with van der Waals surface area (Å²) in [6.45, 7) is 4.23. The first-order valence-electron chi connectivity index (χ1n) is 12.2. The van der Waals surface area contributed by atoms with Crippen LogP contribution in [0.15, 0.2) is 82.8 Å². The van der Waals surface area contributed by atoms with Gasteiger partial charge in [-0.2, -0.15) is 0 Å². The highest BCUT2D eigenvalue weighted by Crippen LogP contribution is 2.26. The topological polar surface area (TPSA) is 88.1 Å². The zero-order valence-electron chi connectivity index (χ0n) is 21.0. The minimum absolute atomic E-state index is 0.147. The van der Waals surface area contributed by atoms with E-state index in [9.17, 15) is 14.4 Å². The largest absolute Gasteiger partial charge is 0.466 e. The maximum Gasteiger partial charge on any atom is 0.332 e. The number of esters is 1. The fourth-order valence-corrected chi connectivity index (χ4v) is 5.10. The van der Waals surface area contributed by atoms with Gasteiger partial charge in [-0.25, -0.2) is 4.79 Å². The summed E-state index contributed by atoms with van der Waals surface area (Å²) in [4.78, 5) is 44.6. The number of carbonyl (C=O) groups excluding carboxylic acids is 1. The maximum absolute atomic E-state index is 14.1. The monoisotopic (exact) mass is 496 g/mol. The molecule has 0 saturated heterocycles. The van der Waals surface area contributed by atoms with Gasteiger partial charge in [0.2, 0.25) is 0 Å². The molecule has 2 aromatic carbocycles. The Bertz CT molecular complexity index is 1730. The van der Waals surface area contributed by atoms with Crippen LogP contribution in [0, 0.1) is 6.92 Å². The van der Waals surface area contributed by atoms with Gasteiger partial charge in [-0.3, -0.25) is 23.7 Å². The lowest BCUT2D eigenvalue weighted by atomic mass is 10.0. The molecule has 8 heteroatoms. The van der Waals surface area contributed by atoms with E-state index in [1.807, 2.05) is 73.3 Å². The SMILES string of the molecule is CCOC(=O)C[C@H](c1ccccc1)n1c(=O)c2cnccc2n(Cc2cn(C)c3cccc(C)c23)c1=O. The molecule has 1 atom stereocenters. The van der Waals surface area contributed by atoms with Crippen molar-refractivity contribution in [2.45, 2.75) is 32.9 Å². The van der Waals surface area contributed by atoms with E-state index in [0.717, 1.165) is 22.0 Å². The van der Waals surface area contributed by atoms with Gasteiger partial charge in [-0.1, -0.05) is 42.5 Å². The van der Waals surface area contributed by atoms with Crippen molar-refractivity contribution in [2.75, 3.05) is 6.61 Å². The molecule has 0 saturated carbocycles. The van der Waals surface area contributed by atoms with Crippen LogP contribution in [0.3, 0.4) is 0 Å². The molecule has 3 aromatic heterocycles. The maximum atomic E-state index is 14.1. The van der Waals surface area contributed by atoms with Gasteiger partial charge in [-0.05, 0) is 42.7 Å². The normalized spacial score (nSPS) is 12.2. The van der Waals surface area contributed by atoms with E-state index in [1.54, 1.807) is 23.8 Å². The molecular formula is C29H28N4O4. The van der Waals surface area contributed by atoms with Crippen LogP contribution in [0.2, 0.25) is 0 Å². The van der Waals surface area contributed by atoms with E-state index >= 15 is 0 Å². The number of hydrogen-bond acceptors (Lipinski definition) is 5. The van der Waals surface area contributed by atoms with Gasteiger partial charge in [0.05, 0.1) is 36.5 Å². The van der Waals surface area contributed by atoms with E-state index < -0.39 is 23.3 Å². The molecule has 0 aliphatic carbocycles. The smallest absolute Gasteiger partial charge is 0.332 e. The fourth-order valence-electron chi connectivity index (χ4n) is 5.10. The molecule has 0 aliphatic rings. The Hall–Kier alpha value is -4.46. The van der Waals surface area contributed by atoms with Crippen molar-refractivity contribution in [1.29, 1.82) is 0 Å². The van der Waals surface area contributed by atoms with Crippen LogP contribution in [0.25, 0.3) is 21.8 Å². The molecule has 0 bridgehead atoms. The van der Waals surface area contributed by atoms with Crippen LogP contribution in [-0.2, 0) is 23.1 Å². The highest BCUT2D eigenvalue weighted by atomic mass is 16.5. The lowest BCUT2D eigenvalue weighted by Crippen LogP contribution is -2.43. The number of ether oxygens (including phenoxy) is 1. The highest BCUT2D eigenvalue weighted by molar-refractivity contribution is 5.87. The number of rotatable bonds is 7. The van der Waals surface area contributed by atoms with Crippen LogP contribution in [0.5, 0.6) is 0 Å². The van der Waals surface area contributed by atoms with Crippen molar-refractivity contribution < 1.29 is 9.53 Å². The molecule has 5 rings (SSSR count). The van der Waals surface area contributed by atoms with Crippen LogP contribution in [0.1, 0.15) is 36.1 Å². The Morgan fingerprint density at radius 2 is 1.81 bits per heavy atom. The highest BCUT2D eigenvalue weighted by Gasteiger charge is 2.25. The number of carbonyl (C=O) groups is 1. The molecule has 0 amide bonds. The average molecular weight is 497 g/mol. The predicted octanol–water partition coefficient (Wildman–Crippen LogP) is 3.95. The summed E-state index contributed by atoms with van der Waals surface area (Å²) >= 11 is 0. The molecule has 3 heterocycles. The third-order valence-corrected chi connectivity index (χ3v) is 6.77. The molecule has 188 valence electrons. The molecular weight excluding hydrogens is 468 g/mol.